The van der Waals surface area contributed by atoms with Crippen LogP contribution in [-0.2, 0) is 22.3 Å². The Morgan fingerprint density at radius 1 is 1.10 bits per heavy atom. The molecule has 0 aliphatic heterocycles. The summed E-state index contributed by atoms with van der Waals surface area (Å²) in [4.78, 5) is 0. The fraction of sp³-hybridized carbons (Fsp3) is 0.625. The number of benzene rings is 1. The summed E-state index contributed by atoms with van der Waals surface area (Å²) in [7, 11) is -3.27. The van der Waals surface area contributed by atoms with Crippen LogP contribution in [0.2, 0.25) is 0 Å². The molecule has 0 saturated heterocycles. The minimum absolute atomic E-state index is 0.0189. The van der Waals surface area contributed by atoms with Crippen molar-refractivity contribution in [2.75, 3.05) is 6.54 Å². The first-order chi connectivity index (χ1) is 10.1. The molecule has 21 heavy (non-hydrogen) atoms. The third-order valence-corrected chi connectivity index (χ3v) is 5.62. The normalized spacial score (nSPS) is 17.0. The Bertz CT molecular complexity index is 537. The maximum atomic E-state index is 12.2. The van der Waals surface area contributed by atoms with Crippen LogP contribution in [0.3, 0.4) is 0 Å². The minimum Gasteiger partial charge on any atom is -0.326 e. The highest BCUT2D eigenvalue weighted by atomic mass is 32.2. The van der Waals surface area contributed by atoms with E-state index < -0.39 is 10.0 Å². The molecule has 1 aliphatic carbocycles. The second-order valence-electron chi connectivity index (χ2n) is 5.92. The lowest BCUT2D eigenvalue weighted by Gasteiger charge is -2.21. The van der Waals surface area contributed by atoms with Crippen molar-refractivity contribution in [2.45, 2.75) is 50.8 Å². The second kappa shape index (κ2) is 7.92. The van der Waals surface area contributed by atoms with Crippen LogP contribution < -0.4 is 10.5 Å². The van der Waals surface area contributed by atoms with E-state index in [2.05, 4.69) is 4.72 Å². The first-order valence-corrected chi connectivity index (χ1v) is 9.50. The summed E-state index contributed by atoms with van der Waals surface area (Å²) in [6.45, 7) is 0.922. The molecule has 0 aromatic heterocycles. The maximum absolute atomic E-state index is 12.2. The molecule has 0 bridgehead atoms. The summed E-state index contributed by atoms with van der Waals surface area (Å²) in [5.41, 5.74) is 7.35. The van der Waals surface area contributed by atoms with Gasteiger partial charge in [-0.25, -0.2) is 13.1 Å². The Kier molecular flexibility index (Phi) is 6.21. The molecule has 0 radical (unpaired) electrons. The molecule has 0 unspecified atom stereocenters. The average Bonchev–Trinajstić information content (AvgIpc) is 2.48. The van der Waals surface area contributed by atoms with E-state index in [1.807, 2.05) is 24.3 Å². The monoisotopic (exact) mass is 310 g/mol. The summed E-state index contributed by atoms with van der Waals surface area (Å²) in [6.07, 6.45) is 7.37. The van der Waals surface area contributed by atoms with Gasteiger partial charge in [0.05, 0.1) is 5.75 Å². The van der Waals surface area contributed by atoms with Gasteiger partial charge in [0.2, 0.25) is 10.0 Å². The molecule has 1 aliphatic rings. The number of hydrogen-bond acceptors (Lipinski definition) is 3. The van der Waals surface area contributed by atoms with Crippen LogP contribution in [-0.4, -0.2) is 15.0 Å². The number of nitrogens with one attached hydrogen (secondary N) is 1. The molecule has 1 aromatic rings. The van der Waals surface area contributed by atoms with Gasteiger partial charge in [-0.3, -0.25) is 0 Å². The average molecular weight is 310 g/mol. The first kappa shape index (κ1) is 16.5. The van der Waals surface area contributed by atoms with Crippen molar-refractivity contribution in [3.8, 4) is 0 Å². The van der Waals surface area contributed by atoms with Crippen LogP contribution in [0.25, 0.3) is 0 Å². The Hall–Kier alpha value is -0.910. The topological polar surface area (TPSA) is 72.2 Å². The van der Waals surface area contributed by atoms with Crippen molar-refractivity contribution >= 4 is 10.0 Å². The smallest absolute Gasteiger partial charge is 0.215 e. The fourth-order valence-corrected chi connectivity index (χ4v) is 4.27. The number of sulfonamides is 1. The predicted octanol–water partition coefficient (Wildman–Crippen LogP) is 2.54. The summed E-state index contributed by atoms with van der Waals surface area (Å²) in [5.74, 6) is 0.711. The van der Waals surface area contributed by atoms with Gasteiger partial charge in [0.15, 0.2) is 0 Å². The van der Waals surface area contributed by atoms with Crippen molar-refractivity contribution in [3.63, 3.8) is 0 Å². The van der Waals surface area contributed by atoms with E-state index in [4.69, 9.17) is 5.73 Å². The molecule has 1 saturated carbocycles. The lowest BCUT2D eigenvalue weighted by atomic mass is 9.87. The Morgan fingerprint density at radius 3 is 2.43 bits per heavy atom. The van der Waals surface area contributed by atoms with Gasteiger partial charge in [-0.1, -0.05) is 56.4 Å². The fourth-order valence-electron chi connectivity index (χ4n) is 3.05. The molecule has 1 aromatic carbocycles. The highest BCUT2D eigenvalue weighted by molar-refractivity contribution is 7.88. The van der Waals surface area contributed by atoms with Gasteiger partial charge < -0.3 is 5.73 Å². The molecule has 0 atom stereocenters. The van der Waals surface area contributed by atoms with Gasteiger partial charge in [-0.2, -0.15) is 0 Å². The van der Waals surface area contributed by atoms with E-state index >= 15 is 0 Å². The van der Waals surface area contributed by atoms with Crippen molar-refractivity contribution in [2.24, 2.45) is 11.7 Å². The molecule has 0 amide bonds. The molecular formula is C16H26N2O2S. The first-order valence-electron chi connectivity index (χ1n) is 7.85. The Morgan fingerprint density at radius 2 is 1.76 bits per heavy atom. The molecule has 1 fully saturated rings. The number of hydrogen-bond donors (Lipinski definition) is 2. The van der Waals surface area contributed by atoms with Gasteiger partial charge in [0.1, 0.15) is 0 Å². The SMILES string of the molecule is NCc1ccccc1CS(=O)(=O)NCCC1CCCCC1. The lowest BCUT2D eigenvalue weighted by molar-refractivity contribution is 0.339. The summed E-state index contributed by atoms with van der Waals surface area (Å²) >= 11 is 0. The van der Waals surface area contributed by atoms with Crippen LogP contribution in [0.4, 0.5) is 0 Å². The van der Waals surface area contributed by atoms with Crippen LogP contribution in [0.1, 0.15) is 49.7 Å². The van der Waals surface area contributed by atoms with E-state index in [0.29, 0.717) is 19.0 Å². The molecule has 0 spiro atoms. The van der Waals surface area contributed by atoms with E-state index in [1.54, 1.807) is 0 Å². The summed E-state index contributed by atoms with van der Waals surface area (Å²) in [6, 6.07) is 7.45. The third-order valence-electron chi connectivity index (χ3n) is 4.28. The molecule has 0 heterocycles. The van der Waals surface area contributed by atoms with E-state index in [0.717, 1.165) is 17.5 Å². The maximum Gasteiger partial charge on any atom is 0.215 e. The Balaban J connectivity index is 1.84. The van der Waals surface area contributed by atoms with Crippen molar-refractivity contribution in [1.82, 2.24) is 4.72 Å². The standard InChI is InChI=1S/C16H26N2O2S/c17-12-15-8-4-5-9-16(15)13-21(19,20)18-11-10-14-6-2-1-3-7-14/h4-5,8-9,14,18H,1-3,6-7,10-13,17H2. The van der Waals surface area contributed by atoms with Gasteiger partial charge in [0, 0.05) is 13.1 Å². The highest BCUT2D eigenvalue weighted by Gasteiger charge is 2.16. The number of nitrogens with two attached hydrogens (primary N) is 1. The molecule has 5 heteroatoms. The van der Waals surface area contributed by atoms with Crippen molar-refractivity contribution in [3.05, 3.63) is 35.4 Å². The van der Waals surface area contributed by atoms with Crippen molar-refractivity contribution < 1.29 is 8.42 Å². The molecule has 2 rings (SSSR count). The van der Waals surface area contributed by atoms with Gasteiger partial charge in [-0.15, -0.1) is 0 Å². The van der Waals surface area contributed by atoms with Gasteiger partial charge >= 0.3 is 0 Å². The zero-order valence-electron chi connectivity index (χ0n) is 12.6. The zero-order chi connectivity index (χ0) is 15.1. The van der Waals surface area contributed by atoms with Gasteiger partial charge in [0.25, 0.3) is 0 Å². The Labute approximate surface area is 128 Å². The van der Waals surface area contributed by atoms with E-state index in [-0.39, 0.29) is 5.75 Å². The largest absolute Gasteiger partial charge is 0.326 e. The molecule has 4 nitrogen and oxygen atoms in total. The van der Waals surface area contributed by atoms with Crippen LogP contribution in [0.15, 0.2) is 24.3 Å². The quantitative estimate of drug-likeness (QED) is 0.813. The van der Waals surface area contributed by atoms with Crippen LogP contribution in [0.5, 0.6) is 0 Å². The minimum atomic E-state index is -3.27. The zero-order valence-corrected chi connectivity index (χ0v) is 13.4. The van der Waals surface area contributed by atoms with E-state index in [1.165, 1.54) is 32.1 Å². The third kappa shape index (κ3) is 5.41. The van der Waals surface area contributed by atoms with Crippen LogP contribution >= 0.6 is 0 Å². The lowest BCUT2D eigenvalue weighted by Crippen LogP contribution is -2.28. The summed E-state index contributed by atoms with van der Waals surface area (Å²) < 4.78 is 27.1. The van der Waals surface area contributed by atoms with E-state index in [9.17, 15) is 8.42 Å². The van der Waals surface area contributed by atoms with Gasteiger partial charge in [-0.05, 0) is 23.5 Å². The molecule has 3 N–H and O–H groups in total. The molecule has 118 valence electrons. The number of rotatable bonds is 7. The van der Waals surface area contributed by atoms with Crippen molar-refractivity contribution in [1.29, 1.82) is 0 Å². The highest BCUT2D eigenvalue weighted by Crippen LogP contribution is 2.25. The molecular weight excluding hydrogens is 284 g/mol. The second-order valence-corrected chi connectivity index (χ2v) is 7.73. The van der Waals surface area contributed by atoms with Crippen LogP contribution in [0, 0.1) is 5.92 Å². The predicted molar refractivity (Wildman–Crippen MR) is 86.2 cm³/mol. The summed E-state index contributed by atoms with van der Waals surface area (Å²) in [5, 5.41) is 0.